The molecule has 0 bridgehead atoms. The Morgan fingerprint density at radius 3 is 2.81 bits per heavy atom. The molecule has 2 aromatic rings. The van der Waals surface area contributed by atoms with Gasteiger partial charge >= 0.3 is 5.69 Å². The molecule has 1 aromatic carbocycles. The predicted octanol–water partition coefficient (Wildman–Crippen LogP) is 2.25. The van der Waals surface area contributed by atoms with E-state index in [9.17, 15) is 10.1 Å². The van der Waals surface area contributed by atoms with Crippen LogP contribution in [0.4, 0.5) is 5.69 Å². The first-order chi connectivity index (χ1) is 12.9. The van der Waals surface area contributed by atoms with Crippen molar-refractivity contribution in [3.8, 4) is 5.75 Å². The molecule has 0 atom stereocenters. The molecule has 9 nitrogen and oxygen atoms in total. The van der Waals surface area contributed by atoms with Crippen LogP contribution >= 0.6 is 0 Å². The molecule has 0 aliphatic heterocycles. The number of nitro groups is 1. The van der Waals surface area contributed by atoms with Gasteiger partial charge in [-0.2, -0.15) is 5.10 Å². The molecule has 2 rings (SSSR count). The molecule has 27 heavy (non-hydrogen) atoms. The van der Waals surface area contributed by atoms with Crippen LogP contribution in [0, 0.1) is 17.0 Å². The van der Waals surface area contributed by atoms with Gasteiger partial charge in [0.1, 0.15) is 18.1 Å². The van der Waals surface area contributed by atoms with Gasteiger partial charge in [-0.05, 0) is 32.4 Å². The monoisotopic (exact) mass is 374 g/mol. The third kappa shape index (κ3) is 6.28. The van der Waals surface area contributed by atoms with Crippen molar-refractivity contribution in [3.63, 3.8) is 0 Å². The minimum absolute atomic E-state index is 0.0189. The second kappa shape index (κ2) is 9.56. The van der Waals surface area contributed by atoms with E-state index < -0.39 is 4.92 Å². The Morgan fingerprint density at radius 2 is 2.19 bits per heavy atom. The van der Waals surface area contributed by atoms with Gasteiger partial charge in [0.15, 0.2) is 5.96 Å². The fourth-order valence-corrected chi connectivity index (χ4v) is 2.43. The Labute approximate surface area is 158 Å². The lowest BCUT2D eigenvalue weighted by Crippen LogP contribution is -2.38. The van der Waals surface area contributed by atoms with Crippen LogP contribution in [0.1, 0.15) is 25.0 Å². The molecule has 2 N–H and O–H groups in total. The van der Waals surface area contributed by atoms with E-state index in [2.05, 4.69) is 20.7 Å². The van der Waals surface area contributed by atoms with E-state index in [0.717, 1.165) is 16.9 Å². The summed E-state index contributed by atoms with van der Waals surface area (Å²) in [4.78, 5) is 14.4. The Hall–Kier alpha value is -3.10. The second-order valence-corrected chi connectivity index (χ2v) is 6.35. The average molecular weight is 374 g/mol. The van der Waals surface area contributed by atoms with E-state index >= 15 is 0 Å². The van der Waals surface area contributed by atoms with Crippen molar-refractivity contribution in [2.75, 3.05) is 13.6 Å². The normalized spacial score (nSPS) is 11.5. The summed E-state index contributed by atoms with van der Waals surface area (Å²) in [6, 6.07) is 6.11. The standard InChI is InChI=1S/C18H26N6O3/c1-13(2)27-17-9-14(3)5-6-15(17)10-21-18(19-4)20-7-8-23-12-16(11-22-23)24(25)26/h5-6,9,11-13H,7-8,10H2,1-4H3,(H2,19,20,21). The van der Waals surface area contributed by atoms with E-state index in [1.807, 2.05) is 39.0 Å². The van der Waals surface area contributed by atoms with Gasteiger partial charge in [0.2, 0.25) is 0 Å². The summed E-state index contributed by atoms with van der Waals surface area (Å²) < 4.78 is 7.41. The smallest absolute Gasteiger partial charge is 0.306 e. The minimum atomic E-state index is -0.462. The Balaban J connectivity index is 1.87. The van der Waals surface area contributed by atoms with Gasteiger partial charge in [-0.1, -0.05) is 12.1 Å². The molecule has 146 valence electrons. The third-order valence-corrected chi connectivity index (χ3v) is 3.72. The molecule has 1 heterocycles. The number of aliphatic imine (C=N–C) groups is 1. The van der Waals surface area contributed by atoms with E-state index in [4.69, 9.17) is 4.74 Å². The fourth-order valence-electron chi connectivity index (χ4n) is 2.43. The van der Waals surface area contributed by atoms with Crippen molar-refractivity contribution in [3.05, 3.63) is 51.8 Å². The molecule has 0 radical (unpaired) electrons. The zero-order valence-corrected chi connectivity index (χ0v) is 16.1. The zero-order valence-electron chi connectivity index (χ0n) is 16.1. The van der Waals surface area contributed by atoms with Crippen LogP contribution in [0.3, 0.4) is 0 Å². The molecule has 0 amide bonds. The van der Waals surface area contributed by atoms with Gasteiger partial charge in [-0.25, -0.2) is 0 Å². The molecule has 0 saturated carbocycles. The van der Waals surface area contributed by atoms with Crippen LogP contribution < -0.4 is 15.4 Å². The first-order valence-corrected chi connectivity index (χ1v) is 8.76. The summed E-state index contributed by atoms with van der Waals surface area (Å²) in [5.74, 6) is 1.49. The number of hydrogen-bond acceptors (Lipinski definition) is 5. The van der Waals surface area contributed by atoms with E-state index in [-0.39, 0.29) is 11.8 Å². The van der Waals surface area contributed by atoms with Crippen LogP contribution in [0.15, 0.2) is 35.6 Å². The highest BCUT2D eigenvalue weighted by Crippen LogP contribution is 2.21. The molecule has 1 aromatic heterocycles. The number of aromatic nitrogens is 2. The number of hydrogen-bond donors (Lipinski definition) is 2. The SMILES string of the molecule is CN=C(NCCn1cc([N+](=O)[O-])cn1)NCc1ccc(C)cc1OC(C)C. The average Bonchev–Trinajstić information content (AvgIpc) is 3.08. The molecule has 0 aliphatic rings. The van der Waals surface area contributed by atoms with Crippen LogP contribution in [0.2, 0.25) is 0 Å². The first kappa shape index (κ1) is 20.2. The Bertz CT molecular complexity index is 800. The summed E-state index contributed by atoms with van der Waals surface area (Å²) in [5.41, 5.74) is 2.17. The molecule has 0 fully saturated rings. The maximum Gasteiger partial charge on any atom is 0.306 e. The highest BCUT2D eigenvalue weighted by molar-refractivity contribution is 5.79. The van der Waals surface area contributed by atoms with E-state index in [1.165, 1.54) is 17.1 Å². The van der Waals surface area contributed by atoms with Gasteiger partial charge in [-0.15, -0.1) is 0 Å². The number of ether oxygens (including phenoxy) is 1. The van der Waals surface area contributed by atoms with Crippen molar-refractivity contribution < 1.29 is 9.66 Å². The van der Waals surface area contributed by atoms with Gasteiger partial charge in [0, 0.05) is 25.7 Å². The third-order valence-electron chi connectivity index (χ3n) is 3.72. The van der Waals surface area contributed by atoms with Crippen molar-refractivity contribution in [1.82, 2.24) is 20.4 Å². The van der Waals surface area contributed by atoms with Gasteiger partial charge < -0.3 is 15.4 Å². The quantitative estimate of drug-likeness (QED) is 0.318. The summed E-state index contributed by atoms with van der Waals surface area (Å²) in [6.45, 7) is 7.61. The lowest BCUT2D eigenvalue weighted by Gasteiger charge is -2.17. The van der Waals surface area contributed by atoms with Crippen LogP contribution in [0.25, 0.3) is 0 Å². The molecule has 0 spiro atoms. The maximum absolute atomic E-state index is 10.7. The Kier molecular flexibility index (Phi) is 7.16. The molecular formula is C18H26N6O3. The largest absolute Gasteiger partial charge is 0.491 e. The van der Waals surface area contributed by atoms with Gasteiger partial charge in [-0.3, -0.25) is 19.8 Å². The zero-order chi connectivity index (χ0) is 19.8. The summed E-state index contributed by atoms with van der Waals surface area (Å²) in [5, 5.41) is 21.0. The summed E-state index contributed by atoms with van der Waals surface area (Å²) >= 11 is 0. The van der Waals surface area contributed by atoms with Crippen molar-refractivity contribution in [2.24, 2.45) is 4.99 Å². The number of aryl methyl sites for hydroxylation is 1. The highest BCUT2D eigenvalue weighted by atomic mass is 16.6. The summed E-state index contributed by atoms with van der Waals surface area (Å²) in [6.07, 6.45) is 2.74. The minimum Gasteiger partial charge on any atom is -0.491 e. The van der Waals surface area contributed by atoms with Crippen molar-refractivity contribution in [1.29, 1.82) is 0 Å². The molecule has 0 unspecified atom stereocenters. The summed E-state index contributed by atoms with van der Waals surface area (Å²) in [7, 11) is 1.69. The molecule has 0 saturated heterocycles. The van der Waals surface area contributed by atoms with E-state index in [1.54, 1.807) is 7.05 Å². The molecule has 9 heteroatoms. The van der Waals surface area contributed by atoms with Gasteiger partial charge in [0.25, 0.3) is 0 Å². The van der Waals surface area contributed by atoms with Crippen molar-refractivity contribution in [2.45, 2.75) is 40.0 Å². The lowest BCUT2D eigenvalue weighted by molar-refractivity contribution is -0.385. The Morgan fingerprint density at radius 1 is 1.41 bits per heavy atom. The number of rotatable bonds is 8. The number of nitrogens with zero attached hydrogens (tertiary/aromatic N) is 4. The lowest BCUT2D eigenvalue weighted by atomic mass is 10.1. The van der Waals surface area contributed by atoms with Crippen LogP contribution in [-0.4, -0.2) is 40.4 Å². The highest BCUT2D eigenvalue weighted by Gasteiger charge is 2.09. The number of nitrogens with one attached hydrogen (secondary N) is 2. The van der Waals surface area contributed by atoms with Crippen molar-refractivity contribution >= 4 is 11.6 Å². The fraction of sp³-hybridized carbons (Fsp3) is 0.444. The second-order valence-electron chi connectivity index (χ2n) is 6.35. The number of guanidine groups is 1. The van der Waals surface area contributed by atoms with Crippen LogP contribution in [0.5, 0.6) is 5.75 Å². The maximum atomic E-state index is 10.7. The predicted molar refractivity (Wildman–Crippen MR) is 104 cm³/mol. The molecule has 0 aliphatic carbocycles. The van der Waals surface area contributed by atoms with Gasteiger partial charge in [0.05, 0.1) is 17.6 Å². The first-order valence-electron chi connectivity index (χ1n) is 8.76. The van der Waals surface area contributed by atoms with E-state index in [0.29, 0.717) is 25.6 Å². The topological polar surface area (TPSA) is 107 Å². The molecular weight excluding hydrogens is 348 g/mol. The van der Waals surface area contributed by atoms with Crippen LogP contribution in [-0.2, 0) is 13.1 Å². The number of benzene rings is 1.